The van der Waals surface area contributed by atoms with Crippen molar-refractivity contribution in [2.24, 2.45) is 0 Å². The molecule has 80 valence electrons. The van der Waals surface area contributed by atoms with Gasteiger partial charge in [0.25, 0.3) is 0 Å². The summed E-state index contributed by atoms with van der Waals surface area (Å²) >= 11 is 5.43. The van der Waals surface area contributed by atoms with E-state index in [-0.39, 0.29) is 11.7 Å². The monoisotopic (exact) mass is 233 g/mol. The average molecular weight is 234 g/mol. The summed E-state index contributed by atoms with van der Waals surface area (Å²) < 4.78 is 0. The van der Waals surface area contributed by atoms with Gasteiger partial charge in [0, 0.05) is 0 Å². The first kappa shape index (κ1) is 10.7. The lowest BCUT2D eigenvalue weighted by Gasteiger charge is -2.00. The van der Waals surface area contributed by atoms with E-state index in [1.165, 1.54) is 0 Å². The Morgan fingerprint density at radius 2 is 2.31 bits per heavy atom. The minimum atomic E-state index is -0.912. The van der Waals surface area contributed by atoms with Crippen LogP contribution in [0.3, 0.4) is 0 Å². The molecule has 2 aromatic rings. The van der Waals surface area contributed by atoms with Crippen LogP contribution in [0, 0.1) is 11.3 Å². The smallest absolute Gasteiger partial charge is 0.172 e. The number of halogens is 1. The molecule has 16 heavy (non-hydrogen) atoms. The highest BCUT2D eigenvalue weighted by molar-refractivity contribution is 6.28. The number of aromatic nitrogens is 2. The van der Waals surface area contributed by atoms with Gasteiger partial charge in [-0.15, -0.1) is 11.6 Å². The first-order valence-electron chi connectivity index (χ1n) is 4.69. The summed E-state index contributed by atoms with van der Waals surface area (Å²) in [5.41, 5.74) is 1.54. The number of imidazole rings is 1. The molecule has 0 radical (unpaired) electrons. The van der Waals surface area contributed by atoms with E-state index in [0.29, 0.717) is 5.82 Å². The van der Waals surface area contributed by atoms with Gasteiger partial charge in [0.05, 0.1) is 23.0 Å². The molecular formula is C11H8ClN3O. The molecule has 1 atom stereocenters. The largest absolute Gasteiger partial charge is 0.340 e. The minimum absolute atomic E-state index is 0.185. The number of alkyl halides is 1. The van der Waals surface area contributed by atoms with Gasteiger partial charge in [0.15, 0.2) is 11.7 Å². The number of nitrogens with one attached hydrogen (secondary N) is 1. The summed E-state index contributed by atoms with van der Waals surface area (Å²) in [6.07, 6.45) is 0. The summed E-state index contributed by atoms with van der Waals surface area (Å²) in [5.74, 6) is -1.09. The Kier molecular flexibility index (Phi) is 2.88. The van der Waals surface area contributed by atoms with E-state index in [2.05, 4.69) is 9.97 Å². The number of ketones is 1. The maximum absolute atomic E-state index is 11.4. The van der Waals surface area contributed by atoms with Crippen molar-refractivity contribution in [2.75, 3.05) is 5.88 Å². The number of Topliss-reactive ketones (excluding diaryl/α,β-unsaturated/α-hetero) is 1. The third-order valence-corrected chi connectivity index (χ3v) is 2.53. The Hall–Kier alpha value is -1.86. The number of hydrogen-bond donors (Lipinski definition) is 1. The van der Waals surface area contributed by atoms with Crippen LogP contribution in [0.2, 0.25) is 0 Å². The molecule has 0 bridgehead atoms. The fourth-order valence-corrected chi connectivity index (χ4v) is 1.63. The minimum Gasteiger partial charge on any atom is -0.340 e. The topological polar surface area (TPSA) is 69.5 Å². The summed E-state index contributed by atoms with van der Waals surface area (Å²) in [4.78, 5) is 18.5. The second-order valence-corrected chi connectivity index (χ2v) is 3.57. The van der Waals surface area contributed by atoms with E-state index < -0.39 is 5.92 Å². The maximum atomic E-state index is 11.4. The second-order valence-electron chi connectivity index (χ2n) is 3.30. The highest BCUT2D eigenvalue weighted by Crippen LogP contribution is 2.18. The molecule has 0 amide bonds. The lowest BCUT2D eigenvalue weighted by Crippen LogP contribution is -2.13. The normalized spacial score (nSPS) is 12.2. The van der Waals surface area contributed by atoms with Crippen molar-refractivity contribution in [2.45, 2.75) is 5.92 Å². The standard InChI is InChI=1S/C11H8ClN3O/c12-5-10(16)7(6-13)11-14-8-3-1-2-4-9(8)15-11/h1-4,7H,5H2,(H,14,15). The van der Waals surface area contributed by atoms with Crippen LogP contribution >= 0.6 is 11.6 Å². The number of carbonyl (C=O) groups is 1. The molecule has 0 spiro atoms. The van der Waals surface area contributed by atoms with Crippen molar-refractivity contribution in [1.29, 1.82) is 5.26 Å². The van der Waals surface area contributed by atoms with Gasteiger partial charge in [0.2, 0.25) is 0 Å². The first-order chi connectivity index (χ1) is 7.76. The number of benzene rings is 1. The third kappa shape index (κ3) is 1.77. The van der Waals surface area contributed by atoms with Crippen LogP contribution in [0.4, 0.5) is 0 Å². The van der Waals surface area contributed by atoms with E-state index in [9.17, 15) is 4.79 Å². The zero-order valence-electron chi connectivity index (χ0n) is 8.27. The number of aromatic amines is 1. The molecule has 1 aromatic carbocycles. The Morgan fingerprint density at radius 3 is 2.94 bits per heavy atom. The Balaban J connectivity index is 2.47. The zero-order chi connectivity index (χ0) is 11.5. The quantitative estimate of drug-likeness (QED) is 0.824. The van der Waals surface area contributed by atoms with Crippen LogP contribution < -0.4 is 0 Å². The van der Waals surface area contributed by atoms with Crippen LogP contribution in [0.25, 0.3) is 11.0 Å². The van der Waals surface area contributed by atoms with Gasteiger partial charge in [-0.3, -0.25) is 4.79 Å². The van der Waals surface area contributed by atoms with Gasteiger partial charge in [-0.05, 0) is 12.1 Å². The third-order valence-electron chi connectivity index (χ3n) is 2.26. The number of hydrogen-bond acceptors (Lipinski definition) is 3. The number of nitrogens with zero attached hydrogens (tertiary/aromatic N) is 2. The van der Waals surface area contributed by atoms with E-state index in [4.69, 9.17) is 16.9 Å². The van der Waals surface area contributed by atoms with E-state index in [0.717, 1.165) is 11.0 Å². The van der Waals surface area contributed by atoms with Gasteiger partial charge in [0.1, 0.15) is 5.82 Å². The number of H-pyrrole nitrogens is 1. The summed E-state index contributed by atoms with van der Waals surface area (Å²) in [6, 6.07) is 9.26. The lowest BCUT2D eigenvalue weighted by molar-refractivity contribution is -0.117. The van der Waals surface area contributed by atoms with E-state index >= 15 is 0 Å². The van der Waals surface area contributed by atoms with Crippen molar-refractivity contribution in [1.82, 2.24) is 9.97 Å². The average Bonchev–Trinajstić information content (AvgIpc) is 2.72. The van der Waals surface area contributed by atoms with Gasteiger partial charge in [-0.25, -0.2) is 4.98 Å². The first-order valence-corrected chi connectivity index (χ1v) is 5.22. The predicted molar refractivity (Wildman–Crippen MR) is 60.2 cm³/mol. The highest BCUT2D eigenvalue weighted by atomic mass is 35.5. The van der Waals surface area contributed by atoms with Crippen molar-refractivity contribution >= 4 is 28.4 Å². The van der Waals surface area contributed by atoms with Crippen LogP contribution in [0.1, 0.15) is 11.7 Å². The molecule has 1 N–H and O–H groups in total. The molecular weight excluding hydrogens is 226 g/mol. The zero-order valence-corrected chi connectivity index (χ0v) is 9.03. The van der Waals surface area contributed by atoms with E-state index in [1.807, 2.05) is 30.3 Å². The Morgan fingerprint density at radius 1 is 1.56 bits per heavy atom. The van der Waals surface area contributed by atoms with Crippen molar-refractivity contribution < 1.29 is 4.79 Å². The summed E-state index contributed by atoms with van der Waals surface area (Å²) in [7, 11) is 0. The molecule has 0 aliphatic heterocycles. The lowest BCUT2D eigenvalue weighted by atomic mass is 10.1. The maximum Gasteiger partial charge on any atom is 0.172 e. The van der Waals surface area contributed by atoms with Gasteiger partial charge >= 0.3 is 0 Å². The molecule has 1 heterocycles. The predicted octanol–water partition coefficient (Wildman–Crippen LogP) is 1.98. The molecule has 0 aliphatic rings. The molecule has 5 heteroatoms. The SMILES string of the molecule is N#CC(C(=O)CCl)c1nc2ccccc2[nH]1. The fraction of sp³-hybridized carbons (Fsp3) is 0.182. The van der Waals surface area contributed by atoms with Gasteiger partial charge < -0.3 is 4.98 Å². The second kappa shape index (κ2) is 4.33. The van der Waals surface area contributed by atoms with Crippen LogP contribution in [-0.2, 0) is 4.79 Å². The van der Waals surface area contributed by atoms with Gasteiger partial charge in [-0.1, -0.05) is 12.1 Å². The van der Waals surface area contributed by atoms with Crippen LogP contribution in [0.5, 0.6) is 0 Å². The number of para-hydroxylation sites is 2. The molecule has 1 aromatic heterocycles. The number of nitriles is 1. The van der Waals surface area contributed by atoms with Crippen LogP contribution in [0.15, 0.2) is 24.3 Å². The Labute approximate surface area is 96.9 Å². The van der Waals surface area contributed by atoms with Crippen molar-refractivity contribution in [3.05, 3.63) is 30.1 Å². The number of carbonyl (C=O) groups excluding carboxylic acids is 1. The number of rotatable bonds is 3. The highest BCUT2D eigenvalue weighted by Gasteiger charge is 2.22. The number of fused-ring (bicyclic) bond motifs is 1. The van der Waals surface area contributed by atoms with Crippen LogP contribution in [-0.4, -0.2) is 21.6 Å². The molecule has 0 saturated carbocycles. The van der Waals surface area contributed by atoms with Crippen molar-refractivity contribution in [3.8, 4) is 6.07 Å². The molecule has 4 nitrogen and oxygen atoms in total. The molecule has 0 aliphatic carbocycles. The molecule has 2 rings (SSSR count). The molecule has 1 unspecified atom stereocenters. The molecule has 0 fully saturated rings. The molecule has 0 saturated heterocycles. The van der Waals surface area contributed by atoms with E-state index in [1.54, 1.807) is 0 Å². The summed E-state index contributed by atoms with van der Waals surface area (Å²) in [5, 5.41) is 8.92. The van der Waals surface area contributed by atoms with Gasteiger partial charge in [-0.2, -0.15) is 5.26 Å². The fourth-order valence-electron chi connectivity index (χ4n) is 1.47. The summed E-state index contributed by atoms with van der Waals surface area (Å²) in [6.45, 7) is 0. The Bertz CT molecular complexity index is 537. The van der Waals surface area contributed by atoms with Crippen molar-refractivity contribution in [3.63, 3.8) is 0 Å².